The summed E-state index contributed by atoms with van der Waals surface area (Å²) in [7, 11) is 0. The summed E-state index contributed by atoms with van der Waals surface area (Å²) in [4.78, 5) is 17.0. The molecular formula is C22H17ClFN3OS. The number of carbonyl (C=O) groups is 1. The van der Waals surface area contributed by atoms with E-state index in [-0.39, 0.29) is 17.5 Å². The molecule has 1 heterocycles. The first-order valence-corrected chi connectivity index (χ1v) is 10.3. The summed E-state index contributed by atoms with van der Waals surface area (Å²) in [5.74, 6) is -0.318. The highest BCUT2D eigenvalue weighted by molar-refractivity contribution is 7.99. The summed E-state index contributed by atoms with van der Waals surface area (Å²) in [5, 5.41) is 4.22. The second-order valence-corrected chi connectivity index (χ2v) is 7.82. The van der Waals surface area contributed by atoms with Crippen molar-refractivity contribution in [2.45, 2.75) is 11.7 Å². The Morgan fingerprint density at radius 2 is 1.76 bits per heavy atom. The number of nitrogens with zero attached hydrogens (tertiary/aromatic N) is 2. The van der Waals surface area contributed by atoms with Gasteiger partial charge in [-0.25, -0.2) is 9.37 Å². The predicted octanol–water partition coefficient (Wildman–Crippen LogP) is 5.61. The molecule has 0 bridgehead atoms. The number of imidazole rings is 1. The average molecular weight is 426 g/mol. The standard InChI is InChI=1S/C22H17ClFN3OS/c23-16-7-5-15(6-8-16)13-27-20-4-2-1-3-19(20)26-22(27)29-14-21(28)25-18-11-9-17(24)10-12-18/h1-12H,13-14H2,(H,25,28). The molecule has 3 aromatic carbocycles. The first kappa shape index (κ1) is 19.5. The van der Waals surface area contributed by atoms with E-state index < -0.39 is 0 Å². The second kappa shape index (κ2) is 8.68. The number of aromatic nitrogens is 2. The van der Waals surface area contributed by atoms with Gasteiger partial charge >= 0.3 is 0 Å². The molecule has 0 saturated carbocycles. The van der Waals surface area contributed by atoms with Crippen molar-refractivity contribution in [2.75, 3.05) is 11.1 Å². The van der Waals surface area contributed by atoms with Crippen LogP contribution in [-0.2, 0) is 11.3 Å². The Morgan fingerprint density at radius 1 is 1.03 bits per heavy atom. The average Bonchev–Trinajstić information content (AvgIpc) is 3.07. The van der Waals surface area contributed by atoms with Gasteiger partial charge in [-0.2, -0.15) is 0 Å². The highest BCUT2D eigenvalue weighted by atomic mass is 35.5. The van der Waals surface area contributed by atoms with Crippen molar-refractivity contribution in [3.63, 3.8) is 0 Å². The molecule has 0 atom stereocenters. The quantitative estimate of drug-likeness (QED) is 0.408. The van der Waals surface area contributed by atoms with E-state index in [2.05, 4.69) is 14.9 Å². The van der Waals surface area contributed by atoms with Crippen LogP contribution in [0.2, 0.25) is 5.02 Å². The Labute approximate surface area is 176 Å². The maximum atomic E-state index is 13.0. The van der Waals surface area contributed by atoms with Gasteiger partial charge < -0.3 is 9.88 Å². The van der Waals surface area contributed by atoms with Crippen molar-refractivity contribution < 1.29 is 9.18 Å². The van der Waals surface area contributed by atoms with E-state index in [0.717, 1.165) is 21.8 Å². The molecule has 0 aliphatic carbocycles. The van der Waals surface area contributed by atoms with E-state index in [1.54, 1.807) is 0 Å². The van der Waals surface area contributed by atoms with Gasteiger partial charge in [-0.3, -0.25) is 4.79 Å². The van der Waals surface area contributed by atoms with E-state index in [4.69, 9.17) is 11.6 Å². The fourth-order valence-electron chi connectivity index (χ4n) is 2.95. The van der Waals surface area contributed by atoms with Gasteiger partial charge in [0.05, 0.1) is 23.3 Å². The van der Waals surface area contributed by atoms with Gasteiger partial charge in [0.1, 0.15) is 5.82 Å². The number of halogens is 2. The van der Waals surface area contributed by atoms with Gasteiger partial charge in [-0.1, -0.05) is 47.6 Å². The van der Waals surface area contributed by atoms with Crippen LogP contribution in [0.5, 0.6) is 0 Å². The van der Waals surface area contributed by atoms with E-state index in [1.807, 2.05) is 48.5 Å². The summed E-state index contributed by atoms with van der Waals surface area (Å²) in [5.41, 5.74) is 3.54. The zero-order valence-corrected chi connectivity index (χ0v) is 16.9. The van der Waals surface area contributed by atoms with Gasteiger partial charge in [-0.15, -0.1) is 0 Å². The van der Waals surface area contributed by atoms with Crippen LogP contribution in [0, 0.1) is 5.82 Å². The second-order valence-electron chi connectivity index (χ2n) is 6.44. The highest BCUT2D eigenvalue weighted by Gasteiger charge is 2.13. The number of para-hydroxylation sites is 2. The first-order chi connectivity index (χ1) is 14.1. The Balaban J connectivity index is 1.52. The molecule has 1 amide bonds. The Kier molecular flexibility index (Phi) is 5.83. The largest absolute Gasteiger partial charge is 0.325 e. The molecule has 0 aliphatic rings. The van der Waals surface area contributed by atoms with Crippen molar-refractivity contribution in [1.29, 1.82) is 0 Å². The van der Waals surface area contributed by atoms with Crippen LogP contribution in [-0.4, -0.2) is 21.2 Å². The minimum atomic E-state index is -0.340. The fourth-order valence-corrected chi connectivity index (χ4v) is 3.89. The molecule has 4 nitrogen and oxygen atoms in total. The number of carbonyl (C=O) groups excluding carboxylic acids is 1. The third-order valence-corrected chi connectivity index (χ3v) is 5.56. The molecule has 29 heavy (non-hydrogen) atoms. The molecule has 0 radical (unpaired) electrons. The van der Waals surface area contributed by atoms with Crippen LogP contribution in [0.1, 0.15) is 5.56 Å². The number of anilines is 1. The van der Waals surface area contributed by atoms with Crippen molar-refractivity contribution in [1.82, 2.24) is 9.55 Å². The smallest absolute Gasteiger partial charge is 0.234 e. The van der Waals surface area contributed by atoms with Gasteiger partial charge in [0, 0.05) is 10.7 Å². The van der Waals surface area contributed by atoms with Gasteiger partial charge in [-0.05, 0) is 54.1 Å². The SMILES string of the molecule is O=C(CSc1nc2ccccc2n1Cc1ccc(Cl)cc1)Nc1ccc(F)cc1. The van der Waals surface area contributed by atoms with E-state index in [9.17, 15) is 9.18 Å². The van der Waals surface area contributed by atoms with E-state index in [1.165, 1.54) is 36.0 Å². The molecule has 0 fully saturated rings. The molecular weight excluding hydrogens is 409 g/mol. The molecule has 0 aliphatic heterocycles. The lowest BCUT2D eigenvalue weighted by atomic mass is 10.2. The third-order valence-electron chi connectivity index (χ3n) is 4.33. The number of nitrogens with one attached hydrogen (secondary N) is 1. The number of rotatable bonds is 6. The van der Waals surface area contributed by atoms with E-state index >= 15 is 0 Å². The Bertz CT molecular complexity index is 1140. The number of amides is 1. The highest BCUT2D eigenvalue weighted by Crippen LogP contribution is 2.26. The fraction of sp³-hybridized carbons (Fsp3) is 0.0909. The van der Waals surface area contributed by atoms with E-state index in [0.29, 0.717) is 17.3 Å². The number of thioether (sulfide) groups is 1. The number of hydrogen-bond donors (Lipinski definition) is 1. The number of benzene rings is 3. The number of fused-ring (bicyclic) bond motifs is 1. The summed E-state index contributed by atoms with van der Waals surface area (Å²) in [6.07, 6.45) is 0. The zero-order valence-electron chi connectivity index (χ0n) is 15.3. The monoisotopic (exact) mass is 425 g/mol. The molecule has 7 heteroatoms. The molecule has 0 saturated heterocycles. The molecule has 1 N–H and O–H groups in total. The minimum absolute atomic E-state index is 0.174. The van der Waals surface area contributed by atoms with Crippen LogP contribution < -0.4 is 5.32 Å². The van der Waals surface area contributed by atoms with Crippen LogP contribution in [0.25, 0.3) is 11.0 Å². The van der Waals surface area contributed by atoms with Crippen molar-refractivity contribution in [3.8, 4) is 0 Å². The van der Waals surface area contributed by atoms with Crippen molar-refractivity contribution in [3.05, 3.63) is 89.2 Å². The van der Waals surface area contributed by atoms with Gasteiger partial charge in [0.25, 0.3) is 0 Å². The predicted molar refractivity (Wildman–Crippen MR) is 116 cm³/mol. The molecule has 1 aromatic heterocycles. The molecule has 4 rings (SSSR count). The first-order valence-electron chi connectivity index (χ1n) is 8.96. The Morgan fingerprint density at radius 3 is 2.52 bits per heavy atom. The van der Waals surface area contributed by atoms with Crippen LogP contribution in [0.4, 0.5) is 10.1 Å². The summed E-state index contributed by atoms with van der Waals surface area (Å²) in [6, 6.07) is 21.3. The normalized spacial score (nSPS) is 11.0. The van der Waals surface area contributed by atoms with Crippen LogP contribution >= 0.6 is 23.4 Å². The molecule has 146 valence electrons. The lowest BCUT2D eigenvalue weighted by molar-refractivity contribution is -0.113. The van der Waals surface area contributed by atoms with Crippen molar-refractivity contribution >= 4 is 46.0 Å². The lowest BCUT2D eigenvalue weighted by Crippen LogP contribution is -2.14. The molecule has 0 spiro atoms. The Hall–Kier alpha value is -2.83. The maximum absolute atomic E-state index is 13.0. The van der Waals surface area contributed by atoms with Crippen molar-refractivity contribution in [2.24, 2.45) is 0 Å². The third kappa shape index (κ3) is 4.78. The van der Waals surface area contributed by atoms with Gasteiger partial charge in [0.2, 0.25) is 5.91 Å². The molecule has 4 aromatic rings. The summed E-state index contributed by atoms with van der Waals surface area (Å²) in [6.45, 7) is 0.625. The summed E-state index contributed by atoms with van der Waals surface area (Å²) < 4.78 is 15.1. The number of hydrogen-bond acceptors (Lipinski definition) is 3. The summed E-state index contributed by atoms with van der Waals surface area (Å²) >= 11 is 7.36. The van der Waals surface area contributed by atoms with Crippen LogP contribution in [0.3, 0.4) is 0 Å². The maximum Gasteiger partial charge on any atom is 0.234 e. The van der Waals surface area contributed by atoms with Gasteiger partial charge in [0.15, 0.2) is 5.16 Å². The topological polar surface area (TPSA) is 46.9 Å². The van der Waals surface area contributed by atoms with Crippen LogP contribution in [0.15, 0.2) is 78.0 Å². The lowest BCUT2D eigenvalue weighted by Gasteiger charge is -2.10. The zero-order chi connectivity index (χ0) is 20.2. The molecule has 0 unspecified atom stereocenters. The minimum Gasteiger partial charge on any atom is -0.325 e.